The second-order valence-corrected chi connectivity index (χ2v) is 13.8. The molecule has 4 saturated carbocycles. The van der Waals surface area contributed by atoms with Gasteiger partial charge in [-0.25, -0.2) is 0 Å². The van der Waals surface area contributed by atoms with E-state index in [0.29, 0.717) is 42.4 Å². The standard InChI is InChI=1S/C29H52O5/c1-7-17(15(2)3)27(34)26(33)16(4)19-8-9-20-18-12-23(30)22-13-24(31)25(32)14-29(22,6)21(18)10-11-28(19,20)5/h15-27,30-34H,7-14H2,1-6H3/t16-,17-,18-,19+,20-,21-,22?,23-,24-,25+,26+,27+,28+,29+/m0/s1. The summed E-state index contributed by atoms with van der Waals surface area (Å²) in [4.78, 5) is 0. The van der Waals surface area contributed by atoms with Gasteiger partial charge in [-0.2, -0.15) is 0 Å². The number of hydrogen-bond donors (Lipinski definition) is 5. The summed E-state index contributed by atoms with van der Waals surface area (Å²) in [6, 6.07) is 0. The van der Waals surface area contributed by atoms with Crippen molar-refractivity contribution in [2.75, 3.05) is 0 Å². The highest BCUT2D eigenvalue weighted by Gasteiger charge is 2.63. The zero-order valence-electron chi connectivity index (χ0n) is 22.4. The first-order valence-electron chi connectivity index (χ1n) is 14.3. The zero-order chi connectivity index (χ0) is 25.2. The maximum Gasteiger partial charge on any atom is 0.0832 e. The van der Waals surface area contributed by atoms with Gasteiger partial charge in [0.25, 0.3) is 0 Å². The molecular weight excluding hydrogens is 428 g/mol. The molecule has 0 aromatic rings. The van der Waals surface area contributed by atoms with Gasteiger partial charge < -0.3 is 25.5 Å². The highest BCUT2D eigenvalue weighted by Crippen LogP contribution is 2.68. The Hall–Kier alpha value is -0.200. The lowest BCUT2D eigenvalue weighted by molar-refractivity contribution is -0.197. The fourth-order valence-electron chi connectivity index (χ4n) is 10.1. The SMILES string of the molecule is CC[C@@H](C(C)C)[C@@H](O)[C@H](O)[C@@H](C)[C@H]1CC[C@H]2[C@@H]3C[C@H](O)C4C[C@H](O)[C@H](O)C[C@]4(C)[C@H]3CC[C@]12C. The monoisotopic (exact) mass is 480 g/mol. The van der Waals surface area contributed by atoms with E-state index in [0.717, 1.165) is 38.5 Å². The molecule has 5 heteroatoms. The first-order valence-corrected chi connectivity index (χ1v) is 14.3. The van der Waals surface area contributed by atoms with Crippen LogP contribution in [0.4, 0.5) is 0 Å². The second kappa shape index (κ2) is 9.59. The number of aliphatic hydroxyl groups is 5. The molecule has 0 aromatic heterocycles. The second-order valence-electron chi connectivity index (χ2n) is 13.8. The molecule has 0 amide bonds. The van der Waals surface area contributed by atoms with Crippen molar-refractivity contribution in [3.8, 4) is 0 Å². The van der Waals surface area contributed by atoms with E-state index >= 15 is 0 Å². The molecule has 0 spiro atoms. The van der Waals surface area contributed by atoms with Gasteiger partial charge in [-0.15, -0.1) is 0 Å². The van der Waals surface area contributed by atoms with E-state index < -0.39 is 30.5 Å². The van der Waals surface area contributed by atoms with Crippen LogP contribution in [0.2, 0.25) is 0 Å². The molecule has 0 radical (unpaired) electrons. The van der Waals surface area contributed by atoms with Gasteiger partial charge in [0.15, 0.2) is 0 Å². The Morgan fingerprint density at radius 2 is 1.41 bits per heavy atom. The molecule has 0 heterocycles. The Labute approximate surface area is 207 Å². The molecular formula is C29H52O5. The van der Waals surface area contributed by atoms with Crippen molar-refractivity contribution in [1.82, 2.24) is 0 Å². The van der Waals surface area contributed by atoms with Crippen molar-refractivity contribution in [2.45, 2.75) is 123 Å². The molecule has 5 N–H and O–H groups in total. The summed E-state index contributed by atoms with van der Waals surface area (Å²) < 4.78 is 0. The largest absolute Gasteiger partial charge is 0.393 e. The minimum Gasteiger partial charge on any atom is -0.393 e. The first kappa shape index (κ1) is 26.9. The lowest BCUT2D eigenvalue weighted by Crippen LogP contribution is -2.60. The van der Waals surface area contributed by atoms with Crippen molar-refractivity contribution < 1.29 is 25.5 Å². The van der Waals surface area contributed by atoms with Crippen LogP contribution in [0.3, 0.4) is 0 Å². The summed E-state index contributed by atoms with van der Waals surface area (Å²) in [6.45, 7) is 13.2. The third kappa shape index (κ3) is 4.10. The third-order valence-corrected chi connectivity index (χ3v) is 12.1. The van der Waals surface area contributed by atoms with Crippen LogP contribution in [0.15, 0.2) is 0 Å². The van der Waals surface area contributed by atoms with Crippen LogP contribution in [0.1, 0.15) is 92.9 Å². The Bertz CT molecular complexity index is 713. The highest BCUT2D eigenvalue weighted by atomic mass is 16.3. The Morgan fingerprint density at radius 1 is 0.765 bits per heavy atom. The summed E-state index contributed by atoms with van der Waals surface area (Å²) in [5.41, 5.74) is -0.0239. The van der Waals surface area contributed by atoms with E-state index in [-0.39, 0.29) is 28.6 Å². The first-order chi connectivity index (χ1) is 15.9. The summed E-state index contributed by atoms with van der Waals surface area (Å²) in [7, 11) is 0. The average molecular weight is 481 g/mol. The van der Waals surface area contributed by atoms with Crippen LogP contribution >= 0.6 is 0 Å². The maximum absolute atomic E-state index is 11.3. The van der Waals surface area contributed by atoms with Gasteiger partial charge >= 0.3 is 0 Å². The minimum atomic E-state index is -0.722. The van der Waals surface area contributed by atoms with E-state index in [1.807, 2.05) is 0 Å². The summed E-state index contributed by atoms with van der Waals surface area (Å²) in [5, 5.41) is 54.4. The summed E-state index contributed by atoms with van der Waals surface area (Å²) >= 11 is 0. The van der Waals surface area contributed by atoms with E-state index in [1.165, 1.54) is 0 Å². The highest BCUT2D eigenvalue weighted by molar-refractivity contribution is 5.12. The quantitative estimate of drug-likeness (QED) is 0.396. The predicted molar refractivity (Wildman–Crippen MR) is 134 cm³/mol. The number of rotatable bonds is 6. The fourth-order valence-corrected chi connectivity index (χ4v) is 10.1. The lowest BCUT2D eigenvalue weighted by Gasteiger charge is -2.63. The van der Waals surface area contributed by atoms with Crippen LogP contribution in [0, 0.1) is 58.2 Å². The fraction of sp³-hybridized carbons (Fsp3) is 1.00. The van der Waals surface area contributed by atoms with Crippen molar-refractivity contribution >= 4 is 0 Å². The van der Waals surface area contributed by atoms with Gasteiger partial charge in [0.1, 0.15) is 0 Å². The molecule has 34 heavy (non-hydrogen) atoms. The van der Waals surface area contributed by atoms with Crippen LogP contribution in [0.5, 0.6) is 0 Å². The van der Waals surface area contributed by atoms with Gasteiger partial charge in [0, 0.05) is 0 Å². The molecule has 1 unspecified atom stereocenters. The Morgan fingerprint density at radius 3 is 2.03 bits per heavy atom. The van der Waals surface area contributed by atoms with Gasteiger partial charge in [-0.05, 0) is 103 Å². The predicted octanol–water partition coefficient (Wildman–Crippen LogP) is 3.99. The van der Waals surface area contributed by atoms with Gasteiger partial charge in [0.05, 0.1) is 30.5 Å². The normalized spacial score (nSPS) is 50.1. The molecule has 4 fully saturated rings. The van der Waals surface area contributed by atoms with E-state index in [9.17, 15) is 25.5 Å². The smallest absolute Gasteiger partial charge is 0.0832 e. The number of aliphatic hydroxyl groups excluding tert-OH is 5. The molecule has 0 saturated heterocycles. The third-order valence-electron chi connectivity index (χ3n) is 12.1. The molecule has 4 rings (SSSR count). The van der Waals surface area contributed by atoms with Crippen molar-refractivity contribution in [1.29, 1.82) is 0 Å². The van der Waals surface area contributed by atoms with Crippen LogP contribution in [-0.2, 0) is 0 Å². The molecule has 4 aliphatic carbocycles. The number of hydrogen-bond acceptors (Lipinski definition) is 5. The van der Waals surface area contributed by atoms with Gasteiger partial charge in [-0.3, -0.25) is 0 Å². The van der Waals surface area contributed by atoms with E-state index in [4.69, 9.17) is 0 Å². The topological polar surface area (TPSA) is 101 Å². The molecule has 0 bridgehead atoms. The molecule has 198 valence electrons. The molecule has 4 aliphatic rings. The van der Waals surface area contributed by atoms with Gasteiger partial charge in [-0.1, -0.05) is 48.0 Å². The average Bonchev–Trinajstić information content (AvgIpc) is 3.12. The Kier molecular flexibility index (Phi) is 7.58. The van der Waals surface area contributed by atoms with Crippen molar-refractivity contribution in [3.63, 3.8) is 0 Å². The van der Waals surface area contributed by atoms with Crippen molar-refractivity contribution in [3.05, 3.63) is 0 Å². The van der Waals surface area contributed by atoms with Crippen LogP contribution in [0.25, 0.3) is 0 Å². The van der Waals surface area contributed by atoms with Crippen LogP contribution < -0.4 is 0 Å². The minimum absolute atomic E-state index is 0.0397. The molecule has 14 atom stereocenters. The van der Waals surface area contributed by atoms with Crippen LogP contribution in [-0.4, -0.2) is 56.1 Å². The Balaban J connectivity index is 1.54. The van der Waals surface area contributed by atoms with Gasteiger partial charge in [0.2, 0.25) is 0 Å². The summed E-state index contributed by atoms with van der Waals surface area (Å²) in [5.74, 6) is 2.32. The number of fused-ring (bicyclic) bond motifs is 5. The van der Waals surface area contributed by atoms with E-state index in [1.54, 1.807) is 0 Å². The molecule has 0 aliphatic heterocycles. The van der Waals surface area contributed by atoms with Crippen molar-refractivity contribution in [2.24, 2.45) is 58.2 Å². The lowest BCUT2D eigenvalue weighted by atomic mass is 9.43. The molecule has 0 aromatic carbocycles. The molecule has 5 nitrogen and oxygen atoms in total. The van der Waals surface area contributed by atoms with E-state index in [2.05, 4.69) is 41.5 Å². The summed E-state index contributed by atoms with van der Waals surface area (Å²) in [6.07, 6.45) is 3.91. The maximum atomic E-state index is 11.3. The zero-order valence-corrected chi connectivity index (χ0v) is 22.4.